The minimum absolute atomic E-state index is 0.178. The Hall–Kier alpha value is -2.90. The molecule has 4 aromatic rings. The largest absolute Gasteiger partial charge is 0.355 e. The number of halogens is 1. The van der Waals surface area contributed by atoms with Gasteiger partial charge in [0.25, 0.3) is 5.91 Å². The molecule has 1 aliphatic rings. The average molecular weight is 423 g/mol. The molecule has 4 heterocycles. The van der Waals surface area contributed by atoms with E-state index in [1.165, 1.54) is 0 Å². The zero-order chi connectivity index (χ0) is 20.8. The number of hydrogen-bond donors (Lipinski definition) is 1. The summed E-state index contributed by atoms with van der Waals surface area (Å²) < 4.78 is 1.95. The van der Waals surface area contributed by atoms with Gasteiger partial charge in [-0.15, -0.1) is 0 Å². The van der Waals surface area contributed by atoms with Crippen LogP contribution in [-0.4, -0.2) is 65.5 Å². The Morgan fingerprint density at radius 2 is 1.90 bits per heavy atom. The van der Waals surface area contributed by atoms with Crippen molar-refractivity contribution in [2.75, 3.05) is 45.2 Å². The molecule has 0 spiro atoms. The second-order valence-electron chi connectivity index (χ2n) is 7.77. The number of amides is 1. The highest BCUT2D eigenvalue weighted by atomic mass is 35.5. The molecule has 7 nitrogen and oxygen atoms in total. The lowest BCUT2D eigenvalue weighted by molar-refractivity contribution is 0.0964. The van der Waals surface area contributed by atoms with Gasteiger partial charge in [0, 0.05) is 37.1 Å². The molecular formula is C22H23ClN6O. The van der Waals surface area contributed by atoms with Gasteiger partial charge in [-0.2, -0.15) is 0 Å². The van der Waals surface area contributed by atoms with Gasteiger partial charge in [0.15, 0.2) is 5.65 Å². The summed E-state index contributed by atoms with van der Waals surface area (Å²) in [6, 6.07) is 11.5. The Balaban J connectivity index is 1.78. The molecule has 8 heteroatoms. The zero-order valence-electron chi connectivity index (χ0n) is 17.0. The van der Waals surface area contributed by atoms with E-state index >= 15 is 0 Å². The lowest BCUT2D eigenvalue weighted by atomic mass is 10.2. The van der Waals surface area contributed by atoms with E-state index in [4.69, 9.17) is 21.6 Å². The predicted octanol–water partition coefficient (Wildman–Crippen LogP) is 3.19. The first-order chi connectivity index (χ1) is 14.5. The number of rotatable bonds is 2. The maximum Gasteiger partial charge on any atom is 0.254 e. The fourth-order valence-corrected chi connectivity index (χ4v) is 4.32. The number of anilines is 1. The third-order valence-electron chi connectivity index (χ3n) is 5.77. The summed E-state index contributed by atoms with van der Waals surface area (Å²) in [6.07, 6.45) is 1.10. The molecule has 1 saturated heterocycles. The van der Waals surface area contributed by atoms with Crippen molar-refractivity contribution in [1.82, 2.24) is 24.6 Å². The molecule has 0 unspecified atom stereocenters. The minimum Gasteiger partial charge on any atom is -0.355 e. The number of carbonyl (C=O) groups excluding carboxylic acids is 1. The minimum atomic E-state index is -0.178. The van der Waals surface area contributed by atoms with Crippen molar-refractivity contribution in [3.05, 3.63) is 47.0 Å². The second-order valence-corrected chi connectivity index (χ2v) is 8.20. The molecule has 30 heavy (non-hydrogen) atoms. The van der Waals surface area contributed by atoms with Gasteiger partial charge < -0.3 is 15.1 Å². The molecule has 1 N–H and O–H groups in total. The molecule has 3 aromatic heterocycles. The van der Waals surface area contributed by atoms with Gasteiger partial charge in [-0.1, -0.05) is 11.6 Å². The van der Waals surface area contributed by atoms with E-state index in [0.29, 0.717) is 16.2 Å². The van der Waals surface area contributed by atoms with Gasteiger partial charge in [0.1, 0.15) is 11.5 Å². The number of pyridine rings is 2. The van der Waals surface area contributed by atoms with E-state index in [1.54, 1.807) is 7.05 Å². The number of nitrogens with one attached hydrogen (secondary N) is 1. The zero-order valence-corrected chi connectivity index (χ0v) is 17.8. The van der Waals surface area contributed by atoms with Gasteiger partial charge >= 0.3 is 0 Å². The number of likely N-dealkylation sites (N-methyl/N-ethyl adjacent to an activating group) is 1. The molecule has 0 atom stereocenters. The maximum atomic E-state index is 12.6. The van der Waals surface area contributed by atoms with E-state index in [-0.39, 0.29) is 5.91 Å². The van der Waals surface area contributed by atoms with Crippen LogP contribution in [0.3, 0.4) is 0 Å². The molecule has 1 fully saturated rings. The van der Waals surface area contributed by atoms with E-state index in [0.717, 1.165) is 60.5 Å². The van der Waals surface area contributed by atoms with Crippen molar-refractivity contribution < 1.29 is 4.79 Å². The van der Waals surface area contributed by atoms with Crippen LogP contribution in [0.1, 0.15) is 16.8 Å². The third-order valence-corrected chi connectivity index (χ3v) is 6.01. The van der Waals surface area contributed by atoms with Crippen LogP contribution in [0.4, 0.5) is 5.82 Å². The average Bonchev–Trinajstić information content (AvgIpc) is 2.99. The molecule has 5 rings (SSSR count). The monoisotopic (exact) mass is 422 g/mol. The summed E-state index contributed by atoms with van der Waals surface area (Å²) in [7, 11) is 3.78. The highest BCUT2D eigenvalue weighted by Gasteiger charge is 2.20. The summed E-state index contributed by atoms with van der Waals surface area (Å²) in [5, 5.41) is 4.22. The number of imidazole rings is 1. The first kappa shape index (κ1) is 19.1. The Morgan fingerprint density at radius 1 is 1.03 bits per heavy atom. The molecule has 1 aromatic carbocycles. The summed E-state index contributed by atoms with van der Waals surface area (Å²) in [6.45, 7) is 4.01. The number of nitrogens with zero attached hydrogens (tertiary/aromatic N) is 5. The second kappa shape index (κ2) is 7.41. The number of fused-ring (bicyclic) bond motifs is 5. The predicted molar refractivity (Wildman–Crippen MR) is 121 cm³/mol. The van der Waals surface area contributed by atoms with Crippen molar-refractivity contribution in [1.29, 1.82) is 0 Å². The van der Waals surface area contributed by atoms with Crippen molar-refractivity contribution in [3.8, 4) is 0 Å². The number of benzene rings is 1. The highest BCUT2D eigenvalue weighted by Crippen LogP contribution is 2.29. The molecular weight excluding hydrogens is 400 g/mol. The van der Waals surface area contributed by atoms with Gasteiger partial charge in [0.05, 0.1) is 16.6 Å². The van der Waals surface area contributed by atoms with Crippen LogP contribution >= 0.6 is 11.6 Å². The standard InChI is InChI=1S/C22H23ClN6O/c1-24-22(30)16-12-14-4-7-19(28-9-3-8-27(2)10-11-28)26-20(14)29-18-13-15(23)5-6-17(18)25-21(16)29/h4-7,12-13H,3,8-11H2,1-2H3,(H,24,30). The lowest BCUT2D eigenvalue weighted by Gasteiger charge is -2.22. The quantitative estimate of drug-likeness (QED) is 0.537. The molecule has 0 bridgehead atoms. The summed E-state index contributed by atoms with van der Waals surface area (Å²) >= 11 is 6.29. The van der Waals surface area contributed by atoms with Gasteiger partial charge in [-0.25, -0.2) is 9.97 Å². The number of aromatic nitrogens is 3. The van der Waals surface area contributed by atoms with Crippen molar-refractivity contribution in [3.63, 3.8) is 0 Å². The molecule has 0 radical (unpaired) electrons. The Kier molecular flexibility index (Phi) is 4.72. The molecule has 154 valence electrons. The Bertz CT molecular complexity index is 1280. The Morgan fingerprint density at radius 3 is 2.73 bits per heavy atom. The molecule has 1 aliphatic heterocycles. The van der Waals surface area contributed by atoms with Crippen LogP contribution in [0.15, 0.2) is 36.4 Å². The Labute approximate surface area is 179 Å². The lowest BCUT2D eigenvalue weighted by Crippen LogP contribution is -2.29. The van der Waals surface area contributed by atoms with E-state index in [9.17, 15) is 4.79 Å². The van der Waals surface area contributed by atoms with Crippen LogP contribution in [0.2, 0.25) is 5.02 Å². The first-order valence-corrected chi connectivity index (χ1v) is 10.5. The SMILES string of the molecule is CNC(=O)c1cc2ccc(N3CCCN(C)CC3)nc2n2c1nc1ccc(Cl)cc12. The van der Waals surface area contributed by atoms with Crippen molar-refractivity contribution in [2.45, 2.75) is 6.42 Å². The van der Waals surface area contributed by atoms with Gasteiger partial charge in [-0.3, -0.25) is 9.20 Å². The van der Waals surface area contributed by atoms with Crippen molar-refractivity contribution >= 4 is 51.0 Å². The summed E-state index contributed by atoms with van der Waals surface area (Å²) in [4.78, 5) is 27.0. The summed E-state index contributed by atoms with van der Waals surface area (Å²) in [5.41, 5.74) is 3.49. The first-order valence-electron chi connectivity index (χ1n) is 10.1. The highest BCUT2D eigenvalue weighted by molar-refractivity contribution is 6.31. The third kappa shape index (κ3) is 3.14. The van der Waals surface area contributed by atoms with Crippen molar-refractivity contribution in [2.24, 2.45) is 0 Å². The fourth-order valence-electron chi connectivity index (χ4n) is 4.16. The van der Waals surface area contributed by atoms with Crippen LogP contribution < -0.4 is 10.2 Å². The van der Waals surface area contributed by atoms with Crippen LogP contribution in [0.5, 0.6) is 0 Å². The maximum absolute atomic E-state index is 12.6. The molecule has 1 amide bonds. The van der Waals surface area contributed by atoms with Gasteiger partial charge in [-0.05, 0) is 56.4 Å². The number of carbonyl (C=O) groups is 1. The molecule has 0 aliphatic carbocycles. The van der Waals surface area contributed by atoms with E-state index in [2.05, 4.69) is 22.2 Å². The van der Waals surface area contributed by atoms with Gasteiger partial charge in [0.2, 0.25) is 0 Å². The fraction of sp³-hybridized carbons (Fsp3) is 0.318. The number of hydrogen-bond acceptors (Lipinski definition) is 5. The van der Waals surface area contributed by atoms with Crippen LogP contribution in [-0.2, 0) is 0 Å². The van der Waals surface area contributed by atoms with E-state index < -0.39 is 0 Å². The topological polar surface area (TPSA) is 65.8 Å². The smallest absolute Gasteiger partial charge is 0.254 e. The normalized spacial score (nSPS) is 15.8. The summed E-state index contributed by atoms with van der Waals surface area (Å²) in [5.74, 6) is 0.763. The molecule has 0 saturated carbocycles. The van der Waals surface area contributed by atoms with Crippen LogP contribution in [0, 0.1) is 0 Å². The van der Waals surface area contributed by atoms with E-state index in [1.807, 2.05) is 40.8 Å². The van der Waals surface area contributed by atoms with Crippen LogP contribution in [0.25, 0.3) is 27.7 Å².